The Morgan fingerprint density at radius 2 is 2.19 bits per heavy atom. The van der Waals surface area contributed by atoms with Gasteiger partial charge in [0.25, 0.3) is 0 Å². The average Bonchev–Trinajstić information content (AvgIpc) is 3.09. The molecule has 0 bridgehead atoms. The largest absolute Gasteiger partial charge is 0.493 e. The van der Waals surface area contributed by atoms with Crippen molar-refractivity contribution in [3.63, 3.8) is 0 Å². The molecule has 0 spiro atoms. The zero-order valence-corrected chi connectivity index (χ0v) is 11.2. The van der Waals surface area contributed by atoms with E-state index >= 15 is 0 Å². The average molecular weight is 257 g/mol. The lowest BCUT2D eigenvalue weighted by Gasteiger charge is -2.14. The summed E-state index contributed by atoms with van der Waals surface area (Å²) in [5.41, 5.74) is 1.49. The van der Waals surface area contributed by atoms with Gasteiger partial charge >= 0.3 is 0 Å². The van der Waals surface area contributed by atoms with Crippen LogP contribution in [-0.4, -0.2) is 12.4 Å². The monoisotopic (exact) mass is 256 g/mol. The number of hydrogen-bond acceptors (Lipinski definition) is 2. The Labute approximate surface area is 108 Å². The van der Waals surface area contributed by atoms with E-state index in [2.05, 4.69) is 19.6 Å². The van der Waals surface area contributed by atoms with E-state index < -0.39 is 0 Å². The number of aryl methyl sites for hydroxylation is 1. The summed E-state index contributed by atoms with van der Waals surface area (Å²) in [5, 5.41) is 0.824. The molecule has 0 amide bonds. The molecule has 1 aromatic rings. The summed E-state index contributed by atoms with van der Waals surface area (Å²) in [4.78, 5) is 0. The van der Waals surface area contributed by atoms with Crippen LogP contribution in [0.1, 0.15) is 25.3 Å². The van der Waals surface area contributed by atoms with Gasteiger partial charge in [0.2, 0.25) is 0 Å². The van der Waals surface area contributed by atoms with Gasteiger partial charge in [-0.05, 0) is 48.8 Å². The Hall–Kier alpha value is -0.340. The van der Waals surface area contributed by atoms with E-state index in [1.54, 1.807) is 0 Å². The Morgan fingerprint density at radius 1 is 1.44 bits per heavy atom. The number of hydrogen-bond donors (Lipinski definition) is 1. The highest BCUT2D eigenvalue weighted by molar-refractivity contribution is 7.80. The zero-order valence-electron chi connectivity index (χ0n) is 9.50. The van der Waals surface area contributed by atoms with Crippen LogP contribution in [0.4, 0.5) is 0 Å². The summed E-state index contributed by atoms with van der Waals surface area (Å²) in [5.74, 6) is 1.84. The highest BCUT2D eigenvalue weighted by Crippen LogP contribution is 2.46. The van der Waals surface area contributed by atoms with E-state index in [-0.39, 0.29) is 0 Å². The second-order valence-electron chi connectivity index (χ2n) is 4.55. The predicted molar refractivity (Wildman–Crippen MR) is 71.8 cm³/mol. The Balaban J connectivity index is 1.99. The molecule has 2 rings (SSSR count). The van der Waals surface area contributed by atoms with Crippen molar-refractivity contribution >= 4 is 24.2 Å². The number of rotatable bonds is 5. The first-order valence-electron chi connectivity index (χ1n) is 5.71. The fourth-order valence-corrected chi connectivity index (χ4v) is 2.33. The van der Waals surface area contributed by atoms with E-state index in [1.807, 2.05) is 18.2 Å². The summed E-state index contributed by atoms with van der Waals surface area (Å²) in [7, 11) is 0. The fraction of sp³-hybridized carbons (Fsp3) is 0.538. The summed E-state index contributed by atoms with van der Waals surface area (Å²) in [6.07, 6.45) is 3.42. The highest BCUT2D eigenvalue weighted by atomic mass is 35.5. The second kappa shape index (κ2) is 4.89. The lowest BCUT2D eigenvalue weighted by molar-refractivity contribution is 0.250. The standard InChI is InChI=1S/C13H17ClOS/c1-2-10-7-11(3-4-12(10)14)15-8-13(9-16)5-6-13/h3-4,7,16H,2,5-6,8-9H2,1H3. The molecule has 1 aliphatic carbocycles. The van der Waals surface area contributed by atoms with Crippen molar-refractivity contribution in [2.24, 2.45) is 5.41 Å². The van der Waals surface area contributed by atoms with Gasteiger partial charge in [0.1, 0.15) is 5.75 Å². The SMILES string of the molecule is CCc1cc(OCC2(CS)CC2)ccc1Cl. The van der Waals surface area contributed by atoms with Crippen molar-refractivity contribution in [1.82, 2.24) is 0 Å². The number of ether oxygens (including phenoxy) is 1. The van der Waals surface area contributed by atoms with Crippen LogP contribution in [0.25, 0.3) is 0 Å². The minimum absolute atomic E-state index is 0.342. The molecule has 0 heterocycles. The summed E-state index contributed by atoms with van der Waals surface area (Å²) < 4.78 is 5.81. The summed E-state index contributed by atoms with van der Waals surface area (Å²) in [6, 6.07) is 5.89. The second-order valence-corrected chi connectivity index (χ2v) is 5.28. The minimum atomic E-state index is 0.342. The van der Waals surface area contributed by atoms with Gasteiger partial charge in [-0.1, -0.05) is 18.5 Å². The summed E-state index contributed by atoms with van der Waals surface area (Å²) in [6.45, 7) is 2.88. The summed E-state index contributed by atoms with van der Waals surface area (Å²) >= 11 is 10.4. The minimum Gasteiger partial charge on any atom is -0.493 e. The third-order valence-corrected chi connectivity index (χ3v) is 4.28. The van der Waals surface area contributed by atoms with Crippen LogP contribution in [0.15, 0.2) is 18.2 Å². The van der Waals surface area contributed by atoms with Crippen molar-refractivity contribution in [2.75, 3.05) is 12.4 Å². The molecule has 0 radical (unpaired) electrons. The molecule has 1 aliphatic rings. The topological polar surface area (TPSA) is 9.23 Å². The van der Waals surface area contributed by atoms with Crippen molar-refractivity contribution in [1.29, 1.82) is 0 Å². The van der Waals surface area contributed by atoms with Gasteiger partial charge in [-0.2, -0.15) is 12.6 Å². The third kappa shape index (κ3) is 2.67. The maximum Gasteiger partial charge on any atom is 0.119 e. The van der Waals surface area contributed by atoms with Gasteiger partial charge in [0.15, 0.2) is 0 Å². The van der Waals surface area contributed by atoms with Gasteiger partial charge in [-0.25, -0.2) is 0 Å². The first-order valence-corrected chi connectivity index (χ1v) is 6.72. The number of halogens is 1. The molecule has 0 N–H and O–H groups in total. The molecule has 88 valence electrons. The molecule has 0 unspecified atom stereocenters. The molecular weight excluding hydrogens is 240 g/mol. The van der Waals surface area contributed by atoms with Gasteiger partial charge in [-0.15, -0.1) is 0 Å². The first kappa shape index (κ1) is 12.1. The third-order valence-electron chi connectivity index (χ3n) is 3.24. The van der Waals surface area contributed by atoms with Crippen molar-refractivity contribution in [3.05, 3.63) is 28.8 Å². The molecule has 0 atom stereocenters. The highest BCUT2D eigenvalue weighted by Gasteiger charge is 2.42. The van der Waals surface area contributed by atoms with Gasteiger partial charge in [0, 0.05) is 10.4 Å². The van der Waals surface area contributed by atoms with Crippen LogP contribution in [0.5, 0.6) is 5.75 Å². The fourth-order valence-electron chi connectivity index (χ4n) is 1.67. The molecule has 1 fully saturated rings. The molecule has 0 aromatic heterocycles. The van der Waals surface area contributed by atoms with E-state index in [4.69, 9.17) is 16.3 Å². The Morgan fingerprint density at radius 3 is 2.75 bits per heavy atom. The lowest BCUT2D eigenvalue weighted by atomic mass is 10.1. The molecule has 3 heteroatoms. The molecular formula is C13H17ClOS. The van der Waals surface area contributed by atoms with Gasteiger partial charge in [-0.3, -0.25) is 0 Å². The van der Waals surface area contributed by atoms with E-state index in [9.17, 15) is 0 Å². The normalized spacial score (nSPS) is 17.2. The zero-order chi connectivity index (χ0) is 11.6. The van der Waals surface area contributed by atoms with Gasteiger partial charge < -0.3 is 4.74 Å². The van der Waals surface area contributed by atoms with Crippen LogP contribution in [0, 0.1) is 5.41 Å². The lowest BCUT2D eigenvalue weighted by Crippen LogP contribution is -2.14. The first-order chi connectivity index (χ1) is 7.69. The molecule has 1 nitrogen and oxygen atoms in total. The van der Waals surface area contributed by atoms with Crippen molar-refractivity contribution in [2.45, 2.75) is 26.2 Å². The van der Waals surface area contributed by atoms with E-state index in [0.717, 1.165) is 35.1 Å². The molecule has 1 aromatic carbocycles. The molecule has 16 heavy (non-hydrogen) atoms. The van der Waals surface area contributed by atoms with Gasteiger partial charge in [0.05, 0.1) is 6.61 Å². The quantitative estimate of drug-likeness (QED) is 0.784. The molecule has 0 saturated heterocycles. The van der Waals surface area contributed by atoms with Crippen LogP contribution in [-0.2, 0) is 6.42 Å². The Kier molecular flexibility index (Phi) is 3.70. The maximum absolute atomic E-state index is 6.06. The van der Waals surface area contributed by atoms with Crippen molar-refractivity contribution in [3.8, 4) is 5.75 Å². The molecule has 1 saturated carbocycles. The maximum atomic E-state index is 6.06. The Bertz CT molecular complexity index is 374. The van der Waals surface area contributed by atoms with E-state index in [1.165, 1.54) is 12.8 Å². The number of benzene rings is 1. The van der Waals surface area contributed by atoms with Crippen LogP contribution in [0.3, 0.4) is 0 Å². The van der Waals surface area contributed by atoms with Crippen LogP contribution in [0.2, 0.25) is 5.02 Å². The molecule has 0 aliphatic heterocycles. The number of thiol groups is 1. The predicted octanol–water partition coefficient (Wildman–Crippen LogP) is 3.99. The van der Waals surface area contributed by atoms with Crippen LogP contribution >= 0.6 is 24.2 Å². The van der Waals surface area contributed by atoms with Crippen molar-refractivity contribution < 1.29 is 4.74 Å². The smallest absolute Gasteiger partial charge is 0.119 e. The van der Waals surface area contributed by atoms with Crippen LogP contribution < -0.4 is 4.74 Å². The van der Waals surface area contributed by atoms with E-state index in [0.29, 0.717) is 5.41 Å².